The molecule has 0 saturated carbocycles. The van der Waals surface area contributed by atoms with Crippen molar-refractivity contribution in [3.63, 3.8) is 0 Å². The Balaban J connectivity index is 0.00000185. The third-order valence-electron chi connectivity index (χ3n) is 7.51. The maximum absolute atomic E-state index is 2.46. The van der Waals surface area contributed by atoms with E-state index >= 15 is 0 Å². The van der Waals surface area contributed by atoms with E-state index in [0.29, 0.717) is 0 Å². The van der Waals surface area contributed by atoms with Crippen LogP contribution in [0.4, 0.5) is 0 Å². The molecule has 0 bridgehead atoms. The van der Waals surface area contributed by atoms with E-state index in [0.717, 1.165) is 0 Å². The molecule has 0 saturated heterocycles. The Hall–Kier alpha value is -3.67. The lowest BCUT2D eigenvalue weighted by atomic mass is 9.84. The van der Waals surface area contributed by atoms with Gasteiger partial charge in [0.25, 0.3) is 0 Å². The fourth-order valence-corrected chi connectivity index (χ4v) is 11.6. The maximum Gasteiger partial charge on any atom is 0.168 e. The summed E-state index contributed by atoms with van der Waals surface area (Å²) in [6, 6.07) is 67.1. The second-order valence-corrected chi connectivity index (χ2v) is 13.0. The largest absolute Gasteiger partial charge is 0.168 e. The van der Waals surface area contributed by atoms with Crippen molar-refractivity contribution in [3.8, 4) is 0 Å². The molecule has 0 aromatic heterocycles. The van der Waals surface area contributed by atoms with Crippen LogP contribution in [0.3, 0.4) is 0 Å². The van der Waals surface area contributed by atoms with Crippen LogP contribution in [0.1, 0.15) is 16.7 Å². The summed E-state index contributed by atoms with van der Waals surface area (Å²) >= 11 is 0. The molecule has 6 rings (SSSR count). The zero-order chi connectivity index (χ0) is 25.7. The lowest BCUT2D eigenvalue weighted by Crippen LogP contribution is -2.47. The molecule has 0 spiro atoms. The number of halogens is 2. The summed E-state index contributed by atoms with van der Waals surface area (Å²) in [5.74, 6) is 0. The average molecular weight is 579 g/mol. The van der Waals surface area contributed by atoms with E-state index in [-0.39, 0.29) is 24.8 Å². The SMILES string of the molecule is Cl.Cl.c1ccc(C(c2ccccc2)(c2ccccc2)[P+](c2ccccc2)(c2ccccc2)c2ccccc2)cc1. The van der Waals surface area contributed by atoms with E-state index in [4.69, 9.17) is 0 Å². The Morgan fingerprint density at radius 1 is 0.275 bits per heavy atom. The minimum Gasteiger partial charge on any atom is -0.147 e. The van der Waals surface area contributed by atoms with Crippen molar-refractivity contribution in [2.24, 2.45) is 0 Å². The summed E-state index contributed by atoms with van der Waals surface area (Å²) < 4.78 is 0. The molecule has 198 valence electrons. The fourth-order valence-electron chi connectivity index (χ4n) is 6.10. The second kappa shape index (κ2) is 13.1. The van der Waals surface area contributed by atoms with Gasteiger partial charge in [0.05, 0.1) is 0 Å². The van der Waals surface area contributed by atoms with Gasteiger partial charge >= 0.3 is 0 Å². The summed E-state index contributed by atoms with van der Waals surface area (Å²) in [6.07, 6.45) is 0. The van der Waals surface area contributed by atoms with E-state index in [1.165, 1.54) is 32.6 Å². The van der Waals surface area contributed by atoms with Crippen LogP contribution < -0.4 is 15.9 Å². The Kier molecular flexibility index (Phi) is 9.62. The quantitative estimate of drug-likeness (QED) is 0.131. The molecule has 0 radical (unpaired) electrons. The first-order valence-electron chi connectivity index (χ1n) is 13.1. The standard InChI is InChI=1S/C37H30P.2ClH/c1-7-19-31(20-8-1)37(32-21-9-2-10-22-32,33-23-11-3-12-24-33)38(34-25-13-4-14-26-34,35-27-15-5-16-28-35)36-29-17-6-18-30-36;;/h1-30H;2*1H/q+1;;. The summed E-state index contributed by atoms with van der Waals surface area (Å²) in [4.78, 5) is 0. The molecular weight excluding hydrogens is 546 g/mol. The predicted octanol–water partition coefficient (Wildman–Crippen LogP) is 8.82. The molecular formula is C37H32Cl2P+. The van der Waals surface area contributed by atoms with Gasteiger partial charge in [0.15, 0.2) is 5.16 Å². The lowest BCUT2D eigenvalue weighted by molar-refractivity contribution is 0.877. The summed E-state index contributed by atoms with van der Waals surface area (Å²) in [7, 11) is -2.46. The zero-order valence-corrected chi connectivity index (χ0v) is 24.6. The van der Waals surface area contributed by atoms with E-state index in [2.05, 4.69) is 182 Å². The van der Waals surface area contributed by atoms with Crippen LogP contribution in [-0.4, -0.2) is 0 Å². The van der Waals surface area contributed by atoms with E-state index in [1.54, 1.807) is 0 Å². The van der Waals surface area contributed by atoms with Gasteiger partial charge < -0.3 is 0 Å². The monoisotopic (exact) mass is 577 g/mol. The van der Waals surface area contributed by atoms with Crippen LogP contribution in [0.15, 0.2) is 182 Å². The molecule has 0 aliphatic rings. The first-order valence-corrected chi connectivity index (χ1v) is 14.9. The Morgan fingerprint density at radius 2 is 0.475 bits per heavy atom. The Morgan fingerprint density at radius 3 is 0.700 bits per heavy atom. The normalized spacial score (nSPS) is 11.1. The molecule has 0 aliphatic carbocycles. The maximum atomic E-state index is 2.34. The predicted molar refractivity (Wildman–Crippen MR) is 179 cm³/mol. The van der Waals surface area contributed by atoms with Crippen LogP contribution in [-0.2, 0) is 5.16 Å². The molecule has 3 heteroatoms. The van der Waals surface area contributed by atoms with Crippen LogP contribution in [0.25, 0.3) is 0 Å². The molecule has 0 amide bonds. The van der Waals surface area contributed by atoms with Crippen LogP contribution in [0.2, 0.25) is 0 Å². The number of rotatable bonds is 7. The van der Waals surface area contributed by atoms with Gasteiger partial charge in [0.2, 0.25) is 0 Å². The lowest BCUT2D eigenvalue weighted by Gasteiger charge is -2.46. The van der Waals surface area contributed by atoms with Gasteiger partial charge in [0, 0.05) is 16.7 Å². The van der Waals surface area contributed by atoms with Crippen molar-refractivity contribution in [1.82, 2.24) is 0 Å². The van der Waals surface area contributed by atoms with Gasteiger partial charge in [-0.1, -0.05) is 146 Å². The highest BCUT2D eigenvalue weighted by Crippen LogP contribution is 2.74. The van der Waals surface area contributed by atoms with Crippen LogP contribution in [0, 0.1) is 0 Å². The van der Waals surface area contributed by atoms with Gasteiger partial charge in [-0.15, -0.1) is 24.8 Å². The molecule has 0 atom stereocenters. The molecule has 0 N–H and O–H groups in total. The fraction of sp³-hybridized carbons (Fsp3) is 0.0270. The smallest absolute Gasteiger partial charge is 0.147 e. The Bertz CT molecular complexity index is 1260. The first kappa shape index (κ1) is 29.3. The van der Waals surface area contributed by atoms with Crippen molar-refractivity contribution in [2.45, 2.75) is 5.16 Å². The van der Waals surface area contributed by atoms with Crippen LogP contribution in [0.5, 0.6) is 0 Å². The Labute approximate surface area is 250 Å². The molecule has 0 aliphatic heterocycles. The number of hydrogen-bond acceptors (Lipinski definition) is 0. The van der Waals surface area contributed by atoms with Gasteiger partial charge in [-0.25, -0.2) is 0 Å². The topological polar surface area (TPSA) is 0 Å². The van der Waals surface area contributed by atoms with Gasteiger partial charge in [-0.3, -0.25) is 0 Å². The molecule has 6 aromatic carbocycles. The van der Waals surface area contributed by atoms with E-state index in [1.807, 2.05) is 0 Å². The van der Waals surface area contributed by atoms with Crippen LogP contribution >= 0.6 is 32.1 Å². The molecule has 0 unspecified atom stereocenters. The molecule has 6 aromatic rings. The van der Waals surface area contributed by atoms with E-state index in [9.17, 15) is 0 Å². The highest BCUT2D eigenvalue weighted by atomic mass is 35.5. The highest BCUT2D eigenvalue weighted by molar-refractivity contribution is 7.97. The number of benzene rings is 6. The molecule has 0 nitrogen and oxygen atoms in total. The summed E-state index contributed by atoms with van der Waals surface area (Å²) in [5.41, 5.74) is 3.88. The van der Waals surface area contributed by atoms with Crippen molar-refractivity contribution >= 4 is 48.0 Å². The van der Waals surface area contributed by atoms with Crippen molar-refractivity contribution in [1.29, 1.82) is 0 Å². The van der Waals surface area contributed by atoms with Crippen molar-refractivity contribution in [3.05, 3.63) is 199 Å². The average Bonchev–Trinajstić information content (AvgIpc) is 3.02. The molecule has 0 fully saturated rings. The third-order valence-corrected chi connectivity index (χ3v) is 12.5. The second-order valence-electron chi connectivity index (χ2n) is 9.49. The minimum absolute atomic E-state index is 0. The molecule has 0 heterocycles. The van der Waals surface area contributed by atoms with Crippen molar-refractivity contribution in [2.75, 3.05) is 0 Å². The van der Waals surface area contributed by atoms with Gasteiger partial charge in [0.1, 0.15) is 23.2 Å². The first-order chi connectivity index (χ1) is 18.9. The van der Waals surface area contributed by atoms with Gasteiger partial charge in [-0.05, 0) is 36.4 Å². The van der Waals surface area contributed by atoms with Crippen molar-refractivity contribution < 1.29 is 0 Å². The number of hydrogen-bond donors (Lipinski definition) is 0. The summed E-state index contributed by atoms with van der Waals surface area (Å²) in [6.45, 7) is 0. The highest BCUT2D eigenvalue weighted by Gasteiger charge is 2.65. The zero-order valence-electron chi connectivity index (χ0n) is 22.1. The third kappa shape index (κ3) is 4.78. The minimum atomic E-state index is -2.46. The van der Waals surface area contributed by atoms with E-state index < -0.39 is 12.4 Å². The molecule has 40 heavy (non-hydrogen) atoms. The summed E-state index contributed by atoms with van der Waals surface area (Å²) in [5, 5.41) is 3.58. The van der Waals surface area contributed by atoms with Gasteiger partial charge in [-0.2, -0.15) is 0 Å².